The van der Waals surface area contributed by atoms with Gasteiger partial charge in [0.25, 0.3) is 5.92 Å². The predicted molar refractivity (Wildman–Crippen MR) is 123 cm³/mol. The number of rotatable bonds is 4. The molecule has 0 amide bonds. The average Bonchev–Trinajstić information content (AvgIpc) is 3.36. The minimum atomic E-state index is -2.50. The summed E-state index contributed by atoms with van der Waals surface area (Å²) in [6.07, 6.45) is 2.70. The van der Waals surface area contributed by atoms with Crippen molar-refractivity contribution >= 4 is 27.8 Å². The van der Waals surface area contributed by atoms with Gasteiger partial charge in [-0.15, -0.1) is 0 Å². The van der Waals surface area contributed by atoms with Gasteiger partial charge < -0.3 is 15.3 Å². The van der Waals surface area contributed by atoms with Gasteiger partial charge in [0.1, 0.15) is 11.6 Å². The van der Waals surface area contributed by atoms with E-state index in [4.69, 9.17) is 9.97 Å². The lowest BCUT2D eigenvalue weighted by molar-refractivity contribution is -0.0943. The van der Waals surface area contributed by atoms with Crippen molar-refractivity contribution in [2.45, 2.75) is 37.3 Å². The lowest BCUT2D eigenvalue weighted by Crippen LogP contribution is -2.52. The lowest BCUT2D eigenvalue weighted by Gasteiger charge is -2.37. The first-order valence-electron chi connectivity index (χ1n) is 11.2. The van der Waals surface area contributed by atoms with Crippen LogP contribution >= 0.6 is 0 Å². The van der Waals surface area contributed by atoms with Crippen molar-refractivity contribution in [3.8, 4) is 17.0 Å². The van der Waals surface area contributed by atoms with Gasteiger partial charge in [-0.3, -0.25) is 4.68 Å². The van der Waals surface area contributed by atoms with E-state index in [0.717, 1.165) is 47.3 Å². The van der Waals surface area contributed by atoms with Crippen molar-refractivity contribution in [1.29, 1.82) is 0 Å². The molecule has 0 bridgehead atoms. The number of phenols is 1. The van der Waals surface area contributed by atoms with Gasteiger partial charge in [-0.1, -0.05) is 0 Å². The number of aromatic nitrogens is 4. The third-order valence-electron chi connectivity index (χ3n) is 6.61. The molecule has 1 saturated heterocycles. The molecule has 1 atom stereocenters. The molecule has 1 aliphatic heterocycles. The number of hydrogen-bond donors (Lipinski definition) is 2. The number of aryl methyl sites for hydroxylation is 1. The first-order chi connectivity index (χ1) is 15.8. The molecule has 2 fully saturated rings. The SMILES string of the molecule is Cn1cc2cc(-c3ccc4nc(N5CCC(NC6CC(F)(F)C6)C5)ccc4n3)c(O)cc2n1. The topological polar surface area (TPSA) is 79.1 Å². The zero-order valence-electron chi connectivity index (χ0n) is 18.2. The number of alkyl halides is 2. The largest absolute Gasteiger partial charge is 0.507 e. The molecule has 0 spiro atoms. The fourth-order valence-corrected chi connectivity index (χ4v) is 4.93. The molecule has 1 unspecified atom stereocenters. The van der Waals surface area contributed by atoms with Crippen molar-refractivity contribution < 1.29 is 13.9 Å². The van der Waals surface area contributed by atoms with Crippen LogP contribution in [-0.2, 0) is 7.05 Å². The lowest BCUT2D eigenvalue weighted by atomic mass is 9.87. The summed E-state index contributed by atoms with van der Waals surface area (Å²) < 4.78 is 27.9. The van der Waals surface area contributed by atoms with Gasteiger partial charge >= 0.3 is 0 Å². The molecule has 3 aromatic heterocycles. The second-order valence-electron chi connectivity index (χ2n) is 9.19. The number of anilines is 1. The highest BCUT2D eigenvalue weighted by Gasteiger charge is 2.46. The van der Waals surface area contributed by atoms with Gasteiger partial charge in [0.2, 0.25) is 0 Å². The summed E-state index contributed by atoms with van der Waals surface area (Å²) in [6.45, 7) is 1.59. The molecule has 7 nitrogen and oxygen atoms in total. The molecule has 2 aliphatic rings. The van der Waals surface area contributed by atoms with E-state index in [0.29, 0.717) is 11.3 Å². The van der Waals surface area contributed by atoms with Crippen LogP contribution in [0.1, 0.15) is 19.3 Å². The second kappa shape index (κ2) is 7.34. The fourth-order valence-electron chi connectivity index (χ4n) is 4.93. The standard InChI is InChI=1S/C24H24F2N6O/c1-31-12-14-8-17(22(33)9-21(14)30-31)18-2-3-20-19(28-18)4-5-23(29-20)32-7-6-15(13-32)27-16-10-24(25,26)11-16/h2-5,8-9,12,15-16,27,33H,6-7,10-11,13H2,1H3. The monoisotopic (exact) mass is 450 g/mol. The number of hydrogen-bond acceptors (Lipinski definition) is 6. The van der Waals surface area contributed by atoms with Gasteiger partial charge in [-0.2, -0.15) is 5.10 Å². The van der Waals surface area contributed by atoms with Crippen molar-refractivity contribution in [3.05, 3.63) is 42.6 Å². The van der Waals surface area contributed by atoms with Crippen LogP contribution in [0.5, 0.6) is 5.75 Å². The van der Waals surface area contributed by atoms with Crippen molar-refractivity contribution in [1.82, 2.24) is 25.1 Å². The minimum absolute atomic E-state index is 0.0605. The highest BCUT2D eigenvalue weighted by molar-refractivity contribution is 5.88. The van der Waals surface area contributed by atoms with Gasteiger partial charge in [0, 0.05) is 68.3 Å². The van der Waals surface area contributed by atoms with Crippen molar-refractivity contribution in [2.24, 2.45) is 7.05 Å². The summed E-state index contributed by atoms with van der Waals surface area (Å²) in [7, 11) is 1.85. The van der Waals surface area contributed by atoms with Crippen LogP contribution in [0, 0.1) is 0 Å². The maximum absolute atomic E-state index is 13.1. The number of nitrogens with zero attached hydrogens (tertiary/aromatic N) is 5. The molecule has 1 aliphatic carbocycles. The number of pyridine rings is 2. The second-order valence-corrected chi connectivity index (χ2v) is 9.19. The molecule has 4 heterocycles. The maximum atomic E-state index is 13.1. The predicted octanol–water partition coefficient (Wildman–Crippen LogP) is 3.86. The molecule has 33 heavy (non-hydrogen) atoms. The first-order valence-corrected chi connectivity index (χ1v) is 11.2. The zero-order chi connectivity index (χ0) is 22.7. The summed E-state index contributed by atoms with van der Waals surface area (Å²) >= 11 is 0. The summed E-state index contributed by atoms with van der Waals surface area (Å²) in [4.78, 5) is 11.7. The molecule has 1 saturated carbocycles. The number of benzene rings is 1. The Morgan fingerprint density at radius 3 is 2.64 bits per heavy atom. The summed E-state index contributed by atoms with van der Waals surface area (Å²) in [5.41, 5.74) is 3.57. The van der Waals surface area contributed by atoms with E-state index < -0.39 is 5.92 Å². The summed E-state index contributed by atoms with van der Waals surface area (Å²) in [6, 6.07) is 11.3. The Morgan fingerprint density at radius 1 is 1.03 bits per heavy atom. The van der Waals surface area contributed by atoms with Crippen LogP contribution in [0.4, 0.5) is 14.6 Å². The molecule has 0 radical (unpaired) electrons. The molecule has 4 aromatic rings. The van der Waals surface area contributed by atoms with Crippen LogP contribution in [0.15, 0.2) is 42.6 Å². The number of phenolic OH excluding ortho intramolecular Hbond substituents is 1. The number of fused-ring (bicyclic) bond motifs is 2. The smallest absolute Gasteiger partial charge is 0.251 e. The molecular formula is C24H24F2N6O. The highest BCUT2D eigenvalue weighted by Crippen LogP contribution is 2.38. The molecular weight excluding hydrogens is 426 g/mol. The Balaban J connectivity index is 1.21. The van der Waals surface area contributed by atoms with E-state index >= 15 is 0 Å². The average molecular weight is 450 g/mol. The Kier molecular flexibility index (Phi) is 4.52. The van der Waals surface area contributed by atoms with Crippen LogP contribution in [0.3, 0.4) is 0 Å². The normalized spacial score (nSPS) is 20.6. The number of nitrogens with one attached hydrogen (secondary N) is 1. The van der Waals surface area contributed by atoms with E-state index in [2.05, 4.69) is 15.3 Å². The van der Waals surface area contributed by atoms with E-state index in [-0.39, 0.29) is 30.7 Å². The maximum Gasteiger partial charge on any atom is 0.251 e. The van der Waals surface area contributed by atoms with Crippen molar-refractivity contribution in [2.75, 3.05) is 18.0 Å². The summed E-state index contributed by atoms with van der Waals surface area (Å²) in [5, 5.41) is 19.1. The number of halogens is 2. The summed E-state index contributed by atoms with van der Waals surface area (Å²) in [5.74, 6) is -1.50. The van der Waals surface area contributed by atoms with Gasteiger partial charge in [0.05, 0.1) is 22.2 Å². The molecule has 6 rings (SSSR count). The Hall–Kier alpha value is -3.33. The minimum Gasteiger partial charge on any atom is -0.507 e. The third-order valence-corrected chi connectivity index (χ3v) is 6.61. The molecule has 1 aromatic carbocycles. The first kappa shape index (κ1) is 20.3. The van der Waals surface area contributed by atoms with Crippen molar-refractivity contribution in [3.63, 3.8) is 0 Å². The van der Waals surface area contributed by atoms with Crippen LogP contribution in [0.25, 0.3) is 33.2 Å². The quantitative estimate of drug-likeness (QED) is 0.492. The van der Waals surface area contributed by atoms with E-state index in [1.807, 2.05) is 43.6 Å². The third kappa shape index (κ3) is 3.76. The number of aromatic hydroxyl groups is 1. The fraction of sp³-hybridized carbons (Fsp3) is 0.375. The highest BCUT2D eigenvalue weighted by atomic mass is 19.3. The van der Waals surface area contributed by atoms with Gasteiger partial charge in [-0.05, 0) is 36.8 Å². The Morgan fingerprint density at radius 2 is 1.82 bits per heavy atom. The van der Waals surface area contributed by atoms with E-state index in [1.165, 1.54) is 0 Å². The van der Waals surface area contributed by atoms with Gasteiger partial charge in [0.15, 0.2) is 0 Å². The Bertz CT molecular complexity index is 1360. The molecule has 9 heteroatoms. The molecule has 2 N–H and O–H groups in total. The van der Waals surface area contributed by atoms with Crippen LogP contribution < -0.4 is 10.2 Å². The molecule has 170 valence electrons. The Labute approximate surface area is 189 Å². The zero-order valence-corrected chi connectivity index (χ0v) is 18.2. The van der Waals surface area contributed by atoms with E-state index in [9.17, 15) is 13.9 Å². The van der Waals surface area contributed by atoms with Gasteiger partial charge in [-0.25, -0.2) is 18.7 Å². The van der Waals surface area contributed by atoms with Crippen LogP contribution in [-0.4, -0.2) is 56.0 Å². The van der Waals surface area contributed by atoms with E-state index in [1.54, 1.807) is 10.7 Å². The van der Waals surface area contributed by atoms with Crippen LogP contribution in [0.2, 0.25) is 0 Å².